The molecular formula is C19H20ClFN2O4S. The average Bonchev–Trinajstić information content (AvgIpc) is 2.66. The van der Waals surface area contributed by atoms with Gasteiger partial charge in [-0.05, 0) is 41.8 Å². The van der Waals surface area contributed by atoms with Crippen LogP contribution in [0.15, 0.2) is 36.4 Å². The van der Waals surface area contributed by atoms with Crippen LogP contribution in [0.2, 0.25) is 5.02 Å². The van der Waals surface area contributed by atoms with E-state index in [-0.39, 0.29) is 29.4 Å². The number of fused-ring (bicyclic) bond motifs is 1. The lowest BCUT2D eigenvalue weighted by Crippen LogP contribution is -2.40. The molecule has 6 nitrogen and oxygen atoms in total. The third-order valence-electron chi connectivity index (χ3n) is 4.62. The van der Waals surface area contributed by atoms with Crippen LogP contribution in [-0.2, 0) is 23.0 Å². The molecule has 0 spiro atoms. The Labute approximate surface area is 168 Å². The predicted octanol–water partition coefficient (Wildman–Crippen LogP) is 2.61. The number of amides is 1. The molecule has 9 heteroatoms. The summed E-state index contributed by atoms with van der Waals surface area (Å²) in [4.78, 5) is 12.1. The van der Waals surface area contributed by atoms with Crippen molar-refractivity contribution in [3.8, 4) is 5.75 Å². The maximum Gasteiger partial charge on any atom is 0.255 e. The lowest BCUT2D eigenvalue weighted by molar-refractivity contribution is 0.0952. The maximum atomic E-state index is 13.8. The minimum Gasteiger partial charge on any atom is -0.497 e. The van der Waals surface area contributed by atoms with Crippen LogP contribution in [0.4, 0.5) is 4.39 Å². The van der Waals surface area contributed by atoms with Gasteiger partial charge in [-0.3, -0.25) is 4.79 Å². The summed E-state index contributed by atoms with van der Waals surface area (Å²) >= 11 is 5.85. The van der Waals surface area contributed by atoms with Gasteiger partial charge in [-0.2, -0.15) is 4.31 Å². The van der Waals surface area contributed by atoms with Gasteiger partial charge in [0.1, 0.15) is 11.6 Å². The lowest BCUT2D eigenvalue weighted by atomic mass is 10.0. The Morgan fingerprint density at radius 2 is 2.07 bits per heavy atom. The van der Waals surface area contributed by atoms with Crippen LogP contribution in [0.25, 0.3) is 0 Å². The Balaban J connectivity index is 1.61. The van der Waals surface area contributed by atoms with E-state index in [4.69, 9.17) is 16.3 Å². The molecule has 2 aromatic rings. The van der Waals surface area contributed by atoms with Gasteiger partial charge in [-0.25, -0.2) is 12.8 Å². The second kappa shape index (κ2) is 8.46. The van der Waals surface area contributed by atoms with Crippen LogP contribution < -0.4 is 10.1 Å². The Kier molecular flexibility index (Phi) is 6.22. The third-order valence-corrected chi connectivity index (χ3v) is 6.75. The van der Waals surface area contributed by atoms with Crippen molar-refractivity contribution in [3.05, 3.63) is 63.9 Å². The molecule has 0 radical (unpaired) electrons. The highest BCUT2D eigenvalue weighted by Crippen LogP contribution is 2.25. The van der Waals surface area contributed by atoms with Crippen molar-refractivity contribution in [2.45, 2.75) is 13.0 Å². The van der Waals surface area contributed by atoms with Gasteiger partial charge in [-0.1, -0.05) is 23.7 Å². The number of nitrogens with zero attached hydrogens (tertiary/aromatic N) is 1. The van der Waals surface area contributed by atoms with Crippen molar-refractivity contribution in [3.63, 3.8) is 0 Å². The van der Waals surface area contributed by atoms with Crippen LogP contribution in [0.1, 0.15) is 21.5 Å². The molecule has 0 unspecified atom stereocenters. The first-order valence-electron chi connectivity index (χ1n) is 8.67. The molecule has 0 fully saturated rings. The zero-order valence-electron chi connectivity index (χ0n) is 15.2. The molecule has 0 saturated carbocycles. The van der Waals surface area contributed by atoms with Crippen LogP contribution in [0.3, 0.4) is 0 Å². The zero-order chi connectivity index (χ0) is 20.3. The van der Waals surface area contributed by atoms with Crippen LogP contribution in [0, 0.1) is 5.82 Å². The fourth-order valence-corrected chi connectivity index (χ4v) is 4.67. The fraction of sp³-hybridized carbons (Fsp3) is 0.316. The highest BCUT2D eigenvalue weighted by Gasteiger charge is 2.27. The quantitative estimate of drug-likeness (QED) is 0.770. The largest absolute Gasteiger partial charge is 0.497 e. The molecule has 0 aromatic heterocycles. The summed E-state index contributed by atoms with van der Waals surface area (Å²) in [6, 6.07) is 9.49. The Morgan fingerprint density at radius 1 is 1.29 bits per heavy atom. The molecule has 1 aliphatic rings. The number of sulfonamides is 1. The molecule has 0 saturated heterocycles. The van der Waals surface area contributed by atoms with Gasteiger partial charge in [0.25, 0.3) is 5.91 Å². The topological polar surface area (TPSA) is 75.7 Å². The van der Waals surface area contributed by atoms with Crippen molar-refractivity contribution in [1.82, 2.24) is 9.62 Å². The first-order valence-corrected chi connectivity index (χ1v) is 10.7. The number of rotatable bonds is 6. The molecule has 0 aliphatic carbocycles. The minimum atomic E-state index is -3.58. The summed E-state index contributed by atoms with van der Waals surface area (Å²) < 4.78 is 45.6. The second-order valence-electron chi connectivity index (χ2n) is 6.39. The number of methoxy groups -OCH3 is 1. The van der Waals surface area contributed by atoms with Gasteiger partial charge in [0, 0.05) is 19.6 Å². The molecule has 1 heterocycles. The van der Waals surface area contributed by atoms with Crippen LogP contribution >= 0.6 is 11.6 Å². The summed E-state index contributed by atoms with van der Waals surface area (Å²) in [6.45, 7) is 0.488. The first-order chi connectivity index (χ1) is 13.3. The smallest absolute Gasteiger partial charge is 0.255 e. The van der Waals surface area contributed by atoms with Gasteiger partial charge >= 0.3 is 0 Å². The van der Waals surface area contributed by atoms with E-state index in [1.165, 1.54) is 16.4 Å². The third kappa shape index (κ3) is 4.45. The van der Waals surface area contributed by atoms with Crippen LogP contribution in [0.5, 0.6) is 5.75 Å². The number of carbonyl (C=O) groups is 1. The van der Waals surface area contributed by atoms with Gasteiger partial charge in [0.05, 0.1) is 23.4 Å². The van der Waals surface area contributed by atoms with Crippen molar-refractivity contribution >= 4 is 27.5 Å². The highest BCUT2D eigenvalue weighted by molar-refractivity contribution is 7.89. The number of halogens is 2. The van der Waals surface area contributed by atoms with E-state index in [1.54, 1.807) is 13.2 Å². The number of benzene rings is 2. The SMILES string of the molecule is COc1ccc2c(c1)CCN(S(=O)(=O)CCNC(=O)c1c(F)cccc1Cl)C2. The molecule has 0 bridgehead atoms. The van der Waals surface area contributed by atoms with Gasteiger partial charge < -0.3 is 10.1 Å². The Bertz CT molecular complexity index is 977. The van der Waals surface area contributed by atoms with E-state index in [2.05, 4.69) is 5.32 Å². The fourth-order valence-electron chi connectivity index (χ4n) is 3.09. The zero-order valence-corrected chi connectivity index (χ0v) is 16.8. The van der Waals surface area contributed by atoms with E-state index in [9.17, 15) is 17.6 Å². The summed E-state index contributed by atoms with van der Waals surface area (Å²) in [5.41, 5.74) is 1.70. The number of hydrogen-bond donors (Lipinski definition) is 1. The summed E-state index contributed by atoms with van der Waals surface area (Å²) in [7, 11) is -1.99. The highest BCUT2D eigenvalue weighted by atomic mass is 35.5. The molecule has 0 atom stereocenters. The van der Waals surface area contributed by atoms with Crippen molar-refractivity contribution in [2.24, 2.45) is 0 Å². The summed E-state index contributed by atoms with van der Waals surface area (Å²) in [6.07, 6.45) is 0.586. The standard InChI is InChI=1S/C19H20ClFN2O4S/c1-27-15-6-5-14-12-23(9-7-13(14)11-15)28(25,26)10-8-22-19(24)18-16(20)3-2-4-17(18)21/h2-6,11H,7-10,12H2,1H3,(H,22,24). The maximum absolute atomic E-state index is 13.8. The number of carbonyl (C=O) groups excluding carboxylic acids is 1. The van der Waals surface area contributed by atoms with Crippen molar-refractivity contribution in [2.75, 3.05) is 26.0 Å². The molecular weight excluding hydrogens is 407 g/mol. The van der Waals surface area contributed by atoms with E-state index < -0.39 is 21.7 Å². The van der Waals surface area contributed by atoms with E-state index in [0.717, 1.165) is 22.9 Å². The molecule has 1 amide bonds. The normalized spacial score (nSPS) is 14.4. The molecule has 1 aliphatic heterocycles. The minimum absolute atomic E-state index is 0.0246. The number of nitrogens with one attached hydrogen (secondary N) is 1. The van der Waals surface area contributed by atoms with E-state index in [1.807, 2.05) is 12.1 Å². The van der Waals surface area contributed by atoms with Gasteiger partial charge in [-0.15, -0.1) is 0 Å². The number of hydrogen-bond acceptors (Lipinski definition) is 4. The second-order valence-corrected chi connectivity index (χ2v) is 8.88. The van der Waals surface area contributed by atoms with Crippen LogP contribution in [-0.4, -0.2) is 44.6 Å². The molecule has 1 N–H and O–H groups in total. The van der Waals surface area contributed by atoms with Gasteiger partial charge in [0.2, 0.25) is 10.0 Å². The molecule has 28 heavy (non-hydrogen) atoms. The summed E-state index contributed by atoms with van der Waals surface area (Å²) in [5.74, 6) is -1.04. The first kappa shape index (κ1) is 20.6. The average molecular weight is 427 g/mol. The van der Waals surface area contributed by atoms with E-state index in [0.29, 0.717) is 13.0 Å². The molecule has 150 valence electrons. The van der Waals surface area contributed by atoms with Gasteiger partial charge in [0.15, 0.2) is 0 Å². The monoisotopic (exact) mass is 426 g/mol. The number of ether oxygens (including phenoxy) is 1. The lowest BCUT2D eigenvalue weighted by Gasteiger charge is -2.28. The van der Waals surface area contributed by atoms with Crippen molar-refractivity contribution < 1.29 is 22.3 Å². The molecule has 3 rings (SSSR count). The Hall–Kier alpha value is -2.16. The molecule has 2 aromatic carbocycles. The Morgan fingerprint density at radius 3 is 2.79 bits per heavy atom. The van der Waals surface area contributed by atoms with Crippen molar-refractivity contribution in [1.29, 1.82) is 0 Å². The van der Waals surface area contributed by atoms with E-state index >= 15 is 0 Å². The predicted molar refractivity (Wildman–Crippen MR) is 105 cm³/mol. The summed E-state index contributed by atoms with van der Waals surface area (Å²) in [5, 5.41) is 2.40.